The number of quaternary nitrogens is 1. The topological polar surface area (TPSA) is 26.3 Å². The van der Waals surface area contributed by atoms with Crippen molar-refractivity contribution in [3.63, 3.8) is 0 Å². The summed E-state index contributed by atoms with van der Waals surface area (Å²) in [5.74, 6) is -0.0324. The average Bonchev–Trinajstić information content (AvgIpc) is 2.50. The Morgan fingerprint density at radius 3 is 1.40 bits per heavy atom. The molecule has 0 heterocycles. The lowest BCUT2D eigenvalue weighted by atomic mass is 10.0. The van der Waals surface area contributed by atoms with Crippen LogP contribution in [0.2, 0.25) is 0 Å². The second kappa shape index (κ2) is 18.7. The molecule has 0 radical (unpaired) electrons. The first kappa shape index (κ1) is 27.1. The lowest BCUT2D eigenvalue weighted by Gasteiger charge is -2.23. The molecular weight excluding hydrogens is 378 g/mol. The number of halogens is 1. The number of carbonyl (C=O) groups excluding carboxylic acids is 1. The van der Waals surface area contributed by atoms with Crippen LogP contribution < -0.4 is 17.0 Å². The molecule has 0 spiro atoms. The predicted molar refractivity (Wildman–Crippen MR) is 104 cm³/mol. The van der Waals surface area contributed by atoms with Gasteiger partial charge >= 0.3 is 5.97 Å². The zero-order valence-electron chi connectivity index (χ0n) is 17.5. The van der Waals surface area contributed by atoms with Crippen molar-refractivity contribution in [2.75, 3.05) is 34.3 Å². The summed E-state index contributed by atoms with van der Waals surface area (Å²) in [6, 6.07) is 0. The minimum atomic E-state index is -0.0324. The van der Waals surface area contributed by atoms with Crippen LogP contribution in [0.4, 0.5) is 0 Å². The van der Waals surface area contributed by atoms with Crippen molar-refractivity contribution in [3.05, 3.63) is 0 Å². The normalized spacial score (nSPS) is 11.2. The first-order valence-corrected chi connectivity index (χ1v) is 10.4. The van der Waals surface area contributed by atoms with Crippen molar-refractivity contribution in [2.24, 2.45) is 0 Å². The highest BCUT2D eigenvalue weighted by atomic mass is 79.9. The number of ether oxygens (including phenoxy) is 1. The second-order valence-corrected chi connectivity index (χ2v) is 8.17. The first-order valence-electron chi connectivity index (χ1n) is 10.4. The van der Waals surface area contributed by atoms with E-state index in [-0.39, 0.29) is 23.0 Å². The molecule has 0 aromatic heterocycles. The Kier molecular flexibility index (Phi) is 20.3. The zero-order valence-corrected chi connectivity index (χ0v) is 19.0. The third-order valence-electron chi connectivity index (χ3n) is 4.52. The van der Waals surface area contributed by atoms with Gasteiger partial charge in [-0.05, 0) is 26.2 Å². The van der Waals surface area contributed by atoms with E-state index in [1.54, 1.807) is 0 Å². The Balaban J connectivity index is 0. The maximum absolute atomic E-state index is 11.2. The van der Waals surface area contributed by atoms with E-state index in [0.717, 1.165) is 10.9 Å². The van der Waals surface area contributed by atoms with Gasteiger partial charge in [-0.3, -0.25) is 4.79 Å². The van der Waals surface area contributed by atoms with Gasteiger partial charge in [0, 0.05) is 6.42 Å². The smallest absolute Gasteiger partial charge is 0.305 e. The lowest BCUT2D eigenvalue weighted by Crippen LogP contribution is -3.00. The Morgan fingerprint density at radius 1 is 0.680 bits per heavy atom. The molecule has 152 valence electrons. The molecule has 0 bridgehead atoms. The van der Waals surface area contributed by atoms with Gasteiger partial charge in [-0.1, -0.05) is 64.2 Å². The molecular formula is C21H44BrNO2. The molecule has 25 heavy (non-hydrogen) atoms. The van der Waals surface area contributed by atoms with Gasteiger partial charge in [0.25, 0.3) is 0 Å². The molecule has 3 nitrogen and oxygen atoms in total. The summed E-state index contributed by atoms with van der Waals surface area (Å²) in [5.41, 5.74) is 0. The molecule has 0 atom stereocenters. The highest BCUT2D eigenvalue weighted by Crippen LogP contribution is 2.13. The van der Waals surface area contributed by atoms with Crippen molar-refractivity contribution in [1.29, 1.82) is 0 Å². The number of hydrogen-bond acceptors (Lipinski definition) is 2. The van der Waals surface area contributed by atoms with Crippen molar-refractivity contribution in [2.45, 2.75) is 96.8 Å². The largest absolute Gasteiger partial charge is 1.00 e. The van der Waals surface area contributed by atoms with Crippen molar-refractivity contribution < 1.29 is 31.0 Å². The van der Waals surface area contributed by atoms with Crippen LogP contribution in [0, 0.1) is 0 Å². The minimum Gasteiger partial charge on any atom is -1.00 e. The van der Waals surface area contributed by atoms with Gasteiger partial charge in [0.2, 0.25) is 0 Å². The van der Waals surface area contributed by atoms with Crippen LogP contribution >= 0.6 is 0 Å². The summed E-state index contributed by atoms with van der Waals surface area (Å²) in [7, 11) is 6.83. The van der Waals surface area contributed by atoms with Gasteiger partial charge in [0.05, 0.1) is 34.3 Å². The van der Waals surface area contributed by atoms with Crippen LogP contribution in [0.5, 0.6) is 0 Å². The van der Waals surface area contributed by atoms with Crippen LogP contribution in [0.15, 0.2) is 0 Å². The quantitative estimate of drug-likeness (QED) is 0.205. The minimum absolute atomic E-state index is 0. The Bertz CT molecular complexity index is 290. The molecule has 0 aliphatic carbocycles. The summed E-state index contributed by atoms with van der Waals surface area (Å²) in [4.78, 5) is 11.2. The molecule has 0 aliphatic rings. The summed E-state index contributed by atoms with van der Waals surface area (Å²) in [6.45, 7) is 3.68. The lowest BCUT2D eigenvalue weighted by molar-refractivity contribution is -0.870. The first-order chi connectivity index (χ1) is 11.5. The molecule has 0 aliphatic heterocycles. The van der Waals surface area contributed by atoms with E-state index in [0.29, 0.717) is 13.0 Å². The van der Waals surface area contributed by atoms with Gasteiger partial charge in [-0.15, -0.1) is 0 Å². The number of hydrogen-bond donors (Lipinski definition) is 0. The van der Waals surface area contributed by atoms with Crippen LogP contribution in [0.1, 0.15) is 96.8 Å². The van der Waals surface area contributed by atoms with Crippen LogP contribution in [0.25, 0.3) is 0 Å². The Hall–Kier alpha value is -0.0900. The van der Waals surface area contributed by atoms with Crippen LogP contribution in [-0.4, -0.2) is 44.7 Å². The molecule has 0 amide bonds. The molecule has 0 fully saturated rings. The van der Waals surface area contributed by atoms with E-state index in [2.05, 4.69) is 21.1 Å². The average molecular weight is 422 g/mol. The predicted octanol–water partition coefficient (Wildman–Crippen LogP) is 2.72. The summed E-state index contributed by atoms with van der Waals surface area (Å²) in [6.07, 6.45) is 18.0. The van der Waals surface area contributed by atoms with Gasteiger partial charge < -0.3 is 26.2 Å². The number of nitrogens with zero attached hydrogens (tertiary/aromatic N) is 1. The number of esters is 1. The van der Waals surface area contributed by atoms with Gasteiger partial charge in [0.15, 0.2) is 0 Å². The molecule has 4 heteroatoms. The molecule has 0 saturated carbocycles. The van der Waals surface area contributed by atoms with Gasteiger partial charge in [0.1, 0.15) is 0 Å². The fourth-order valence-electron chi connectivity index (χ4n) is 3.03. The third-order valence-corrected chi connectivity index (χ3v) is 4.52. The van der Waals surface area contributed by atoms with E-state index < -0.39 is 0 Å². The molecule has 0 N–H and O–H groups in total. The monoisotopic (exact) mass is 421 g/mol. The number of unbranched alkanes of at least 4 members (excludes halogenated alkanes) is 12. The summed E-state index contributed by atoms with van der Waals surface area (Å²) >= 11 is 0. The summed E-state index contributed by atoms with van der Waals surface area (Å²) in [5, 5.41) is 0. The highest BCUT2D eigenvalue weighted by molar-refractivity contribution is 5.69. The van der Waals surface area contributed by atoms with E-state index in [4.69, 9.17) is 4.74 Å². The number of rotatable bonds is 17. The maximum atomic E-state index is 11.2. The van der Waals surface area contributed by atoms with Crippen LogP contribution in [0.3, 0.4) is 0 Å². The van der Waals surface area contributed by atoms with E-state index in [9.17, 15) is 4.79 Å². The summed E-state index contributed by atoms with van der Waals surface area (Å²) < 4.78 is 6.03. The van der Waals surface area contributed by atoms with E-state index >= 15 is 0 Å². The van der Waals surface area contributed by atoms with Crippen molar-refractivity contribution in [1.82, 2.24) is 0 Å². The Labute approximate surface area is 168 Å². The molecule has 0 aromatic rings. The highest BCUT2D eigenvalue weighted by Gasteiger charge is 2.05. The fourth-order valence-corrected chi connectivity index (χ4v) is 3.03. The van der Waals surface area contributed by atoms with Gasteiger partial charge in [-0.25, -0.2) is 0 Å². The van der Waals surface area contributed by atoms with E-state index in [1.807, 2.05) is 6.92 Å². The standard InChI is InChI=1S/C21H44NO2.BrH/c1-5-24-21(23)19-17-15-13-11-9-7-6-8-10-12-14-16-18-20-22(2,3)4;/h5-20H2,1-4H3;1H/q+1;/p-1. The third kappa shape index (κ3) is 23.9. The van der Waals surface area contributed by atoms with Crippen molar-refractivity contribution in [3.8, 4) is 0 Å². The van der Waals surface area contributed by atoms with Crippen molar-refractivity contribution >= 4 is 5.97 Å². The Morgan fingerprint density at radius 2 is 1.04 bits per heavy atom. The molecule has 0 saturated heterocycles. The second-order valence-electron chi connectivity index (χ2n) is 8.17. The SMILES string of the molecule is CCOC(=O)CCCCCCCCCCCCCCC[N+](C)(C)C.[Br-]. The molecule has 0 unspecified atom stereocenters. The maximum Gasteiger partial charge on any atom is 0.305 e. The van der Waals surface area contributed by atoms with Gasteiger partial charge in [-0.2, -0.15) is 0 Å². The molecule has 0 aromatic carbocycles. The number of carbonyl (C=O) groups is 1. The fraction of sp³-hybridized carbons (Fsp3) is 0.952. The van der Waals surface area contributed by atoms with Crippen LogP contribution in [-0.2, 0) is 9.53 Å². The molecule has 0 rings (SSSR count). The van der Waals surface area contributed by atoms with E-state index in [1.165, 1.54) is 83.6 Å². The zero-order chi connectivity index (χ0) is 18.1.